The fourth-order valence-electron chi connectivity index (χ4n) is 2.92. The molecule has 0 aliphatic heterocycles. The summed E-state index contributed by atoms with van der Waals surface area (Å²) in [6.07, 6.45) is 0.785. The standard InChI is InChI=1S/C21H17NO4S/c1-13-6-7-15-14(11-21(24)26-17(15)10-13)12-25-20(23)9-8-19-22-16-4-2-3-5-18(16)27-19/h2-7,10-11H,8-9,12H2,1H3. The van der Waals surface area contributed by atoms with Crippen LogP contribution < -0.4 is 5.63 Å². The second-order valence-electron chi connectivity index (χ2n) is 6.33. The number of benzene rings is 2. The molecular weight excluding hydrogens is 362 g/mol. The molecule has 0 bridgehead atoms. The van der Waals surface area contributed by atoms with Gasteiger partial charge in [0.1, 0.15) is 12.2 Å². The molecular formula is C21H17NO4S. The molecule has 2 aromatic carbocycles. The number of carbonyl (C=O) groups is 1. The van der Waals surface area contributed by atoms with E-state index in [0.29, 0.717) is 17.6 Å². The summed E-state index contributed by atoms with van der Waals surface area (Å²) in [5.41, 5.74) is 2.64. The molecule has 0 unspecified atom stereocenters. The summed E-state index contributed by atoms with van der Waals surface area (Å²) in [6.45, 7) is 1.97. The van der Waals surface area contributed by atoms with Crippen LogP contribution in [0, 0.1) is 6.92 Å². The molecule has 2 aromatic heterocycles. The van der Waals surface area contributed by atoms with E-state index in [9.17, 15) is 9.59 Å². The van der Waals surface area contributed by atoms with Gasteiger partial charge in [0.2, 0.25) is 0 Å². The highest BCUT2D eigenvalue weighted by Crippen LogP contribution is 2.23. The van der Waals surface area contributed by atoms with Gasteiger partial charge in [-0.05, 0) is 30.7 Å². The van der Waals surface area contributed by atoms with E-state index >= 15 is 0 Å². The van der Waals surface area contributed by atoms with Crippen LogP contribution in [0.2, 0.25) is 0 Å². The van der Waals surface area contributed by atoms with Crippen LogP contribution in [0.25, 0.3) is 21.2 Å². The third kappa shape index (κ3) is 3.90. The fourth-order valence-corrected chi connectivity index (χ4v) is 3.89. The number of esters is 1. The van der Waals surface area contributed by atoms with Crippen molar-refractivity contribution in [3.05, 3.63) is 75.1 Å². The smallest absolute Gasteiger partial charge is 0.336 e. The van der Waals surface area contributed by atoms with Crippen molar-refractivity contribution >= 4 is 38.5 Å². The quantitative estimate of drug-likeness (QED) is 0.380. The molecule has 0 N–H and O–H groups in total. The van der Waals surface area contributed by atoms with Crippen LogP contribution in [0.5, 0.6) is 0 Å². The number of aromatic nitrogens is 1. The second-order valence-corrected chi connectivity index (χ2v) is 7.44. The van der Waals surface area contributed by atoms with Gasteiger partial charge in [-0.15, -0.1) is 11.3 Å². The molecule has 0 saturated carbocycles. The minimum atomic E-state index is -0.450. The van der Waals surface area contributed by atoms with Crippen LogP contribution >= 0.6 is 11.3 Å². The van der Waals surface area contributed by atoms with Crippen LogP contribution in [0.15, 0.2) is 57.7 Å². The first kappa shape index (κ1) is 17.4. The van der Waals surface area contributed by atoms with Gasteiger partial charge in [0.25, 0.3) is 0 Å². The van der Waals surface area contributed by atoms with Crippen molar-refractivity contribution in [2.45, 2.75) is 26.4 Å². The molecule has 27 heavy (non-hydrogen) atoms. The van der Waals surface area contributed by atoms with E-state index in [4.69, 9.17) is 9.15 Å². The van der Waals surface area contributed by atoms with Crippen molar-refractivity contribution in [3.8, 4) is 0 Å². The lowest BCUT2D eigenvalue weighted by atomic mass is 10.1. The lowest BCUT2D eigenvalue weighted by Gasteiger charge is -2.07. The zero-order chi connectivity index (χ0) is 18.8. The van der Waals surface area contributed by atoms with Crippen LogP contribution in [-0.4, -0.2) is 11.0 Å². The molecule has 5 nitrogen and oxygen atoms in total. The molecule has 0 radical (unpaired) electrons. The van der Waals surface area contributed by atoms with Gasteiger partial charge < -0.3 is 9.15 Å². The molecule has 0 aliphatic carbocycles. The Labute approximate surface area is 159 Å². The van der Waals surface area contributed by atoms with Crippen molar-refractivity contribution < 1.29 is 13.9 Å². The Morgan fingerprint density at radius 3 is 2.89 bits per heavy atom. The Morgan fingerprint density at radius 1 is 1.19 bits per heavy atom. The van der Waals surface area contributed by atoms with E-state index in [0.717, 1.165) is 26.2 Å². The Hall–Kier alpha value is -2.99. The van der Waals surface area contributed by atoms with Crippen molar-refractivity contribution in [1.29, 1.82) is 0 Å². The first-order valence-electron chi connectivity index (χ1n) is 8.62. The minimum absolute atomic E-state index is 0.0455. The summed E-state index contributed by atoms with van der Waals surface area (Å²) in [5, 5.41) is 1.69. The summed E-state index contributed by atoms with van der Waals surface area (Å²) in [5.74, 6) is -0.317. The molecule has 4 aromatic rings. The molecule has 0 fully saturated rings. The lowest BCUT2D eigenvalue weighted by Crippen LogP contribution is -2.08. The maximum absolute atomic E-state index is 12.1. The normalized spacial score (nSPS) is 11.1. The number of rotatable bonds is 5. The molecule has 2 heterocycles. The van der Waals surface area contributed by atoms with Gasteiger partial charge in [-0.1, -0.05) is 24.3 Å². The Kier molecular flexibility index (Phi) is 4.73. The summed E-state index contributed by atoms with van der Waals surface area (Å²) in [4.78, 5) is 28.4. The van der Waals surface area contributed by atoms with Gasteiger partial charge in [0, 0.05) is 23.4 Å². The highest BCUT2D eigenvalue weighted by molar-refractivity contribution is 7.18. The Balaban J connectivity index is 1.42. The number of hydrogen-bond acceptors (Lipinski definition) is 6. The van der Waals surface area contributed by atoms with Crippen molar-refractivity contribution in [2.75, 3.05) is 0 Å². The molecule has 0 aliphatic rings. The predicted molar refractivity (Wildman–Crippen MR) is 105 cm³/mol. The van der Waals surface area contributed by atoms with Gasteiger partial charge in [0.15, 0.2) is 0 Å². The predicted octanol–water partition coefficient (Wildman–Crippen LogP) is 4.39. The highest BCUT2D eigenvalue weighted by atomic mass is 32.1. The number of fused-ring (bicyclic) bond motifs is 2. The van der Waals surface area contributed by atoms with E-state index in [1.54, 1.807) is 17.4 Å². The number of nitrogens with zero attached hydrogens (tertiary/aromatic N) is 1. The van der Waals surface area contributed by atoms with Crippen LogP contribution in [0.4, 0.5) is 0 Å². The summed E-state index contributed by atoms with van der Waals surface area (Å²) in [7, 11) is 0. The third-order valence-electron chi connectivity index (χ3n) is 4.26. The average Bonchev–Trinajstić information content (AvgIpc) is 3.07. The van der Waals surface area contributed by atoms with Crippen LogP contribution in [0.3, 0.4) is 0 Å². The Morgan fingerprint density at radius 2 is 2.04 bits per heavy atom. The van der Waals surface area contributed by atoms with Gasteiger partial charge in [0.05, 0.1) is 21.6 Å². The molecule has 6 heteroatoms. The molecule has 0 saturated heterocycles. The SMILES string of the molecule is Cc1ccc2c(COC(=O)CCc3nc4ccccc4s3)cc(=O)oc2c1. The first-order chi connectivity index (χ1) is 13.1. The van der Waals surface area contributed by atoms with Gasteiger partial charge >= 0.3 is 11.6 Å². The van der Waals surface area contributed by atoms with E-state index in [-0.39, 0.29) is 19.0 Å². The first-order valence-corrected chi connectivity index (χ1v) is 9.43. The lowest BCUT2D eigenvalue weighted by molar-refractivity contribution is -0.144. The maximum Gasteiger partial charge on any atom is 0.336 e. The average molecular weight is 379 g/mol. The zero-order valence-electron chi connectivity index (χ0n) is 14.7. The van der Waals surface area contributed by atoms with E-state index in [1.807, 2.05) is 43.3 Å². The van der Waals surface area contributed by atoms with Crippen LogP contribution in [-0.2, 0) is 22.6 Å². The van der Waals surface area contributed by atoms with Crippen molar-refractivity contribution in [2.24, 2.45) is 0 Å². The minimum Gasteiger partial charge on any atom is -0.461 e. The summed E-state index contributed by atoms with van der Waals surface area (Å²) < 4.78 is 11.7. The maximum atomic E-state index is 12.1. The van der Waals surface area contributed by atoms with E-state index < -0.39 is 5.63 Å². The molecule has 4 rings (SSSR count). The monoisotopic (exact) mass is 379 g/mol. The number of carbonyl (C=O) groups excluding carboxylic acids is 1. The fraction of sp³-hybridized carbons (Fsp3) is 0.190. The summed E-state index contributed by atoms with van der Waals surface area (Å²) in [6, 6.07) is 14.9. The van der Waals surface area contributed by atoms with E-state index in [1.165, 1.54) is 6.07 Å². The second kappa shape index (κ2) is 7.32. The molecule has 0 atom stereocenters. The van der Waals surface area contributed by atoms with Crippen molar-refractivity contribution in [1.82, 2.24) is 4.98 Å². The number of hydrogen-bond donors (Lipinski definition) is 0. The van der Waals surface area contributed by atoms with Gasteiger partial charge in [-0.3, -0.25) is 4.79 Å². The number of aryl methyl sites for hydroxylation is 2. The molecule has 0 amide bonds. The van der Waals surface area contributed by atoms with Gasteiger partial charge in [-0.25, -0.2) is 9.78 Å². The van der Waals surface area contributed by atoms with E-state index in [2.05, 4.69) is 4.98 Å². The highest BCUT2D eigenvalue weighted by Gasteiger charge is 2.11. The zero-order valence-corrected chi connectivity index (χ0v) is 15.5. The van der Waals surface area contributed by atoms with Crippen LogP contribution in [0.1, 0.15) is 22.6 Å². The third-order valence-corrected chi connectivity index (χ3v) is 5.35. The molecule has 0 spiro atoms. The number of ether oxygens (including phenoxy) is 1. The topological polar surface area (TPSA) is 69.4 Å². The molecule has 136 valence electrons. The Bertz CT molecular complexity index is 1160. The number of thiazole rings is 1. The summed E-state index contributed by atoms with van der Waals surface area (Å²) >= 11 is 1.59. The van der Waals surface area contributed by atoms with Crippen molar-refractivity contribution in [3.63, 3.8) is 0 Å². The number of para-hydroxylation sites is 1. The van der Waals surface area contributed by atoms with Gasteiger partial charge in [-0.2, -0.15) is 0 Å². The largest absolute Gasteiger partial charge is 0.461 e.